The third-order valence-corrected chi connectivity index (χ3v) is 6.61. The zero-order chi connectivity index (χ0) is 26.0. The number of nitrogens with zero attached hydrogens (tertiary/aromatic N) is 3. The van der Waals surface area contributed by atoms with Gasteiger partial charge >= 0.3 is 16.2 Å². The Balaban J connectivity index is 1.44. The fraction of sp³-hybridized carbons (Fsp3) is 0.107. The van der Waals surface area contributed by atoms with E-state index < -0.39 is 10.2 Å². The second kappa shape index (κ2) is 9.87. The van der Waals surface area contributed by atoms with Gasteiger partial charge in [-0.1, -0.05) is 89.5 Å². The first-order chi connectivity index (χ1) is 17.7. The Morgan fingerprint density at radius 2 is 1.03 bits per heavy atom. The standard InChI is InChI=1S/C28H25N5O3S/c1-18-4-10-21(11-5-18)24-16-25(22-12-6-19(2)7-13-22)30-27(29-24)32-37(34,35)33-28-31-26(17-36-28)23-14-8-20(3)9-15-23/h4-17H,1-3H3,(H,31,33)(H,29,30,32). The summed E-state index contributed by atoms with van der Waals surface area (Å²) in [6.07, 6.45) is 1.40. The summed E-state index contributed by atoms with van der Waals surface area (Å²) >= 11 is 0. The lowest BCUT2D eigenvalue weighted by Gasteiger charge is -2.11. The van der Waals surface area contributed by atoms with E-state index in [2.05, 4.69) is 24.4 Å². The van der Waals surface area contributed by atoms with Gasteiger partial charge in [-0.15, -0.1) is 0 Å². The van der Waals surface area contributed by atoms with Crippen molar-refractivity contribution in [3.63, 3.8) is 0 Å². The molecule has 186 valence electrons. The number of anilines is 2. The van der Waals surface area contributed by atoms with Gasteiger partial charge in [0.05, 0.1) is 11.4 Å². The van der Waals surface area contributed by atoms with E-state index in [1.165, 1.54) is 6.26 Å². The van der Waals surface area contributed by atoms with Crippen molar-refractivity contribution in [2.24, 2.45) is 0 Å². The number of hydrogen-bond donors (Lipinski definition) is 2. The molecule has 0 unspecified atom stereocenters. The third kappa shape index (κ3) is 5.84. The SMILES string of the molecule is Cc1ccc(-c2cc(-c3ccc(C)cc3)nc(NS(=O)(=O)Nc3nc(-c4ccc(C)cc4)co3)n2)cc1. The second-order valence-electron chi connectivity index (χ2n) is 8.81. The number of oxazole rings is 1. The summed E-state index contributed by atoms with van der Waals surface area (Å²) < 4.78 is 35.9. The van der Waals surface area contributed by atoms with Crippen LogP contribution in [0.5, 0.6) is 0 Å². The Hall–Kier alpha value is -4.50. The van der Waals surface area contributed by atoms with E-state index in [1.54, 1.807) is 0 Å². The van der Waals surface area contributed by atoms with Crippen LogP contribution < -0.4 is 9.44 Å². The highest BCUT2D eigenvalue weighted by atomic mass is 32.2. The van der Waals surface area contributed by atoms with Crippen LogP contribution in [0.1, 0.15) is 16.7 Å². The van der Waals surface area contributed by atoms with Crippen LogP contribution in [0.2, 0.25) is 0 Å². The van der Waals surface area contributed by atoms with E-state index >= 15 is 0 Å². The van der Waals surface area contributed by atoms with Gasteiger partial charge in [0.25, 0.3) is 0 Å². The van der Waals surface area contributed by atoms with Gasteiger partial charge < -0.3 is 4.42 Å². The van der Waals surface area contributed by atoms with Gasteiger partial charge in [0.15, 0.2) is 0 Å². The molecular weight excluding hydrogens is 486 g/mol. The molecule has 8 nitrogen and oxygen atoms in total. The summed E-state index contributed by atoms with van der Waals surface area (Å²) in [7, 11) is -4.16. The molecule has 2 aromatic heterocycles. The average molecular weight is 512 g/mol. The van der Waals surface area contributed by atoms with Gasteiger partial charge in [-0.05, 0) is 26.8 Å². The number of nitrogens with one attached hydrogen (secondary N) is 2. The lowest BCUT2D eigenvalue weighted by Crippen LogP contribution is -2.23. The van der Waals surface area contributed by atoms with Crippen molar-refractivity contribution >= 4 is 22.2 Å². The molecule has 0 saturated heterocycles. The smallest absolute Gasteiger partial charge is 0.327 e. The molecule has 0 spiro atoms. The largest absolute Gasteiger partial charge is 0.431 e. The molecule has 0 fully saturated rings. The molecule has 3 aromatic carbocycles. The maximum Gasteiger partial charge on any atom is 0.327 e. The number of rotatable bonds is 7. The van der Waals surface area contributed by atoms with Crippen molar-refractivity contribution in [2.45, 2.75) is 20.8 Å². The zero-order valence-corrected chi connectivity index (χ0v) is 21.4. The van der Waals surface area contributed by atoms with E-state index in [-0.39, 0.29) is 12.0 Å². The fourth-order valence-electron chi connectivity index (χ4n) is 3.68. The molecule has 0 aliphatic heterocycles. The van der Waals surface area contributed by atoms with Gasteiger partial charge in [0.1, 0.15) is 12.0 Å². The van der Waals surface area contributed by atoms with Crippen LogP contribution >= 0.6 is 0 Å². The van der Waals surface area contributed by atoms with Crippen LogP contribution in [0, 0.1) is 20.8 Å². The number of hydrogen-bond acceptors (Lipinski definition) is 6. The van der Waals surface area contributed by atoms with Crippen LogP contribution in [-0.4, -0.2) is 23.4 Å². The predicted molar refractivity (Wildman–Crippen MR) is 145 cm³/mol. The first-order valence-electron chi connectivity index (χ1n) is 11.6. The number of aromatic nitrogens is 3. The highest BCUT2D eigenvalue weighted by molar-refractivity contribution is 7.93. The van der Waals surface area contributed by atoms with E-state index in [0.29, 0.717) is 17.1 Å². The van der Waals surface area contributed by atoms with Crippen molar-refractivity contribution in [1.29, 1.82) is 0 Å². The van der Waals surface area contributed by atoms with E-state index in [1.807, 2.05) is 99.6 Å². The maximum atomic E-state index is 12.9. The average Bonchev–Trinajstić information content (AvgIpc) is 3.32. The van der Waals surface area contributed by atoms with E-state index in [9.17, 15) is 8.42 Å². The molecule has 37 heavy (non-hydrogen) atoms. The minimum absolute atomic E-state index is 0.0773. The molecule has 0 aliphatic rings. The van der Waals surface area contributed by atoms with Crippen LogP contribution in [0.3, 0.4) is 0 Å². The molecule has 5 rings (SSSR count). The van der Waals surface area contributed by atoms with Gasteiger partial charge in [0.2, 0.25) is 5.95 Å². The van der Waals surface area contributed by atoms with Crippen molar-refractivity contribution < 1.29 is 12.8 Å². The van der Waals surface area contributed by atoms with Gasteiger partial charge in [-0.2, -0.15) is 13.4 Å². The highest BCUT2D eigenvalue weighted by Gasteiger charge is 2.18. The Morgan fingerprint density at radius 1 is 0.595 bits per heavy atom. The summed E-state index contributed by atoms with van der Waals surface area (Å²) in [5, 5.41) is 0. The Bertz CT molecular complexity index is 1580. The lowest BCUT2D eigenvalue weighted by molar-refractivity contribution is 0.572. The predicted octanol–water partition coefficient (Wildman–Crippen LogP) is 6.16. The molecule has 0 bridgehead atoms. The first-order valence-corrected chi connectivity index (χ1v) is 13.1. The quantitative estimate of drug-likeness (QED) is 0.271. The van der Waals surface area contributed by atoms with Crippen molar-refractivity contribution in [2.75, 3.05) is 9.44 Å². The molecule has 9 heteroatoms. The molecule has 0 radical (unpaired) electrons. The van der Waals surface area contributed by atoms with Gasteiger partial charge in [-0.3, -0.25) is 0 Å². The molecule has 0 aliphatic carbocycles. The molecular formula is C28H25N5O3S. The molecule has 0 saturated carbocycles. The lowest BCUT2D eigenvalue weighted by atomic mass is 10.1. The summed E-state index contributed by atoms with van der Waals surface area (Å²) in [4.78, 5) is 13.2. The maximum absolute atomic E-state index is 12.9. The van der Waals surface area contributed by atoms with Crippen LogP contribution in [-0.2, 0) is 10.2 Å². The monoisotopic (exact) mass is 511 g/mol. The van der Waals surface area contributed by atoms with E-state index in [0.717, 1.165) is 33.4 Å². The Kier molecular flexibility index (Phi) is 6.45. The zero-order valence-electron chi connectivity index (χ0n) is 20.6. The highest BCUT2D eigenvalue weighted by Crippen LogP contribution is 2.27. The molecule has 0 atom stereocenters. The minimum atomic E-state index is -4.16. The third-order valence-electron chi connectivity index (χ3n) is 5.72. The summed E-state index contributed by atoms with van der Waals surface area (Å²) in [6, 6.07) is 25.0. The second-order valence-corrected chi connectivity index (χ2v) is 10.2. The van der Waals surface area contributed by atoms with E-state index in [4.69, 9.17) is 4.42 Å². The molecule has 2 heterocycles. The first kappa shape index (κ1) is 24.2. The van der Waals surface area contributed by atoms with Gasteiger partial charge in [0, 0.05) is 16.7 Å². The molecule has 0 amide bonds. The fourth-order valence-corrected chi connectivity index (χ4v) is 4.38. The summed E-state index contributed by atoms with van der Waals surface area (Å²) in [5.41, 5.74) is 7.49. The van der Waals surface area contributed by atoms with Crippen molar-refractivity contribution in [3.8, 4) is 33.8 Å². The summed E-state index contributed by atoms with van der Waals surface area (Å²) in [6.45, 7) is 5.98. The van der Waals surface area contributed by atoms with Crippen LogP contribution in [0.15, 0.2) is 89.5 Å². The molecule has 2 N–H and O–H groups in total. The van der Waals surface area contributed by atoms with Crippen LogP contribution in [0.4, 0.5) is 12.0 Å². The van der Waals surface area contributed by atoms with Gasteiger partial charge in [-0.25, -0.2) is 19.4 Å². The summed E-state index contributed by atoms with van der Waals surface area (Å²) in [5.74, 6) is -0.0773. The minimum Gasteiger partial charge on any atom is -0.431 e. The Labute approximate surface area is 215 Å². The number of benzene rings is 3. The normalized spacial score (nSPS) is 11.3. The van der Waals surface area contributed by atoms with Crippen molar-refractivity contribution in [1.82, 2.24) is 15.0 Å². The van der Waals surface area contributed by atoms with Crippen LogP contribution in [0.25, 0.3) is 33.8 Å². The number of aryl methyl sites for hydroxylation is 3. The Morgan fingerprint density at radius 3 is 1.49 bits per heavy atom. The molecule has 5 aromatic rings. The van der Waals surface area contributed by atoms with Crippen molar-refractivity contribution in [3.05, 3.63) is 102 Å². The topological polar surface area (TPSA) is 110 Å².